The van der Waals surface area contributed by atoms with Gasteiger partial charge in [0.1, 0.15) is 5.82 Å². The van der Waals surface area contributed by atoms with Gasteiger partial charge in [0.25, 0.3) is 0 Å². The summed E-state index contributed by atoms with van der Waals surface area (Å²) in [5.41, 5.74) is -0.0630. The molecule has 0 saturated heterocycles. The SMILES string of the molecule is O=C(O)c1cnc(NC(CCO)C2CCCCC2)cn1. The lowest BCUT2D eigenvalue weighted by Gasteiger charge is -2.30. The number of aliphatic hydroxyl groups is 1. The van der Waals surface area contributed by atoms with Gasteiger partial charge in [0.05, 0.1) is 12.4 Å². The molecule has 0 bridgehead atoms. The number of hydrogen-bond donors (Lipinski definition) is 3. The number of carbonyl (C=O) groups is 1. The van der Waals surface area contributed by atoms with Gasteiger partial charge in [-0.25, -0.2) is 14.8 Å². The normalized spacial score (nSPS) is 17.6. The lowest BCUT2D eigenvalue weighted by molar-refractivity contribution is 0.0690. The van der Waals surface area contributed by atoms with E-state index in [9.17, 15) is 9.90 Å². The standard InChI is InChI=1S/C14H21N3O3/c18-7-6-11(10-4-2-1-3-5-10)17-13-9-15-12(8-16-13)14(19)20/h8-11,18H,1-7H2,(H,16,17)(H,19,20). The quantitative estimate of drug-likeness (QED) is 0.736. The molecule has 110 valence electrons. The molecular formula is C14H21N3O3. The van der Waals surface area contributed by atoms with E-state index in [1.54, 1.807) is 0 Å². The summed E-state index contributed by atoms with van der Waals surface area (Å²) < 4.78 is 0. The Morgan fingerprint density at radius 1 is 1.30 bits per heavy atom. The third kappa shape index (κ3) is 3.90. The first-order chi connectivity index (χ1) is 9.70. The molecule has 0 spiro atoms. The zero-order valence-corrected chi connectivity index (χ0v) is 11.5. The van der Waals surface area contributed by atoms with Gasteiger partial charge in [-0.1, -0.05) is 19.3 Å². The van der Waals surface area contributed by atoms with Crippen LogP contribution in [0.5, 0.6) is 0 Å². The molecule has 1 aliphatic rings. The third-order valence-corrected chi connectivity index (χ3v) is 3.86. The van der Waals surface area contributed by atoms with Gasteiger partial charge in [-0.2, -0.15) is 0 Å². The number of rotatable bonds is 6. The van der Waals surface area contributed by atoms with E-state index in [0.717, 1.165) is 12.8 Å². The van der Waals surface area contributed by atoms with E-state index in [2.05, 4.69) is 15.3 Å². The number of carboxylic acid groups (broad SMARTS) is 1. The van der Waals surface area contributed by atoms with Crippen molar-refractivity contribution in [2.45, 2.75) is 44.6 Å². The van der Waals surface area contributed by atoms with Crippen molar-refractivity contribution >= 4 is 11.8 Å². The van der Waals surface area contributed by atoms with Crippen LogP contribution >= 0.6 is 0 Å². The molecule has 0 amide bonds. The van der Waals surface area contributed by atoms with Gasteiger partial charge in [0.2, 0.25) is 0 Å². The van der Waals surface area contributed by atoms with Gasteiger partial charge >= 0.3 is 5.97 Å². The van der Waals surface area contributed by atoms with Crippen molar-refractivity contribution < 1.29 is 15.0 Å². The summed E-state index contributed by atoms with van der Waals surface area (Å²) in [7, 11) is 0. The number of anilines is 1. The molecule has 1 atom stereocenters. The molecular weight excluding hydrogens is 258 g/mol. The van der Waals surface area contributed by atoms with E-state index in [1.807, 2.05) is 0 Å². The van der Waals surface area contributed by atoms with Crippen LogP contribution in [0.15, 0.2) is 12.4 Å². The molecule has 1 unspecified atom stereocenters. The van der Waals surface area contributed by atoms with E-state index in [-0.39, 0.29) is 18.3 Å². The molecule has 1 heterocycles. The average molecular weight is 279 g/mol. The van der Waals surface area contributed by atoms with Gasteiger partial charge in [-0.05, 0) is 25.2 Å². The van der Waals surface area contributed by atoms with E-state index in [1.165, 1.54) is 31.7 Å². The van der Waals surface area contributed by atoms with Crippen LogP contribution < -0.4 is 5.32 Å². The number of aromatic nitrogens is 2. The van der Waals surface area contributed by atoms with Crippen LogP contribution in [-0.2, 0) is 0 Å². The number of aliphatic hydroxyl groups excluding tert-OH is 1. The lowest BCUT2D eigenvalue weighted by Crippen LogP contribution is -2.32. The molecule has 0 radical (unpaired) electrons. The Kier molecular flexibility index (Phi) is 5.29. The fourth-order valence-corrected chi connectivity index (χ4v) is 2.80. The van der Waals surface area contributed by atoms with E-state index in [0.29, 0.717) is 18.2 Å². The Bertz CT molecular complexity index is 430. The maximum atomic E-state index is 10.7. The Morgan fingerprint density at radius 2 is 2.05 bits per heavy atom. The van der Waals surface area contributed by atoms with Crippen LogP contribution in [0.4, 0.5) is 5.82 Å². The Hall–Kier alpha value is -1.69. The highest BCUT2D eigenvalue weighted by Gasteiger charge is 2.23. The van der Waals surface area contributed by atoms with Crippen LogP contribution in [0.1, 0.15) is 49.0 Å². The third-order valence-electron chi connectivity index (χ3n) is 3.86. The first kappa shape index (κ1) is 14.7. The molecule has 3 N–H and O–H groups in total. The van der Waals surface area contributed by atoms with Gasteiger partial charge in [-0.15, -0.1) is 0 Å². The van der Waals surface area contributed by atoms with Crippen LogP contribution in [0.25, 0.3) is 0 Å². The highest BCUT2D eigenvalue weighted by molar-refractivity contribution is 5.84. The van der Waals surface area contributed by atoms with E-state index in [4.69, 9.17) is 5.11 Å². The molecule has 1 aromatic heterocycles. The van der Waals surface area contributed by atoms with E-state index >= 15 is 0 Å². The topological polar surface area (TPSA) is 95.3 Å². The number of carboxylic acids is 1. The van der Waals surface area contributed by atoms with Crippen LogP contribution in [0.2, 0.25) is 0 Å². The first-order valence-corrected chi connectivity index (χ1v) is 7.13. The zero-order valence-electron chi connectivity index (χ0n) is 11.5. The molecule has 20 heavy (non-hydrogen) atoms. The van der Waals surface area contributed by atoms with Gasteiger partial charge < -0.3 is 15.5 Å². The van der Waals surface area contributed by atoms with Crippen molar-refractivity contribution in [3.63, 3.8) is 0 Å². The lowest BCUT2D eigenvalue weighted by atomic mass is 9.83. The van der Waals surface area contributed by atoms with Crippen LogP contribution in [0, 0.1) is 5.92 Å². The van der Waals surface area contributed by atoms with Crippen molar-refractivity contribution in [2.75, 3.05) is 11.9 Å². The van der Waals surface area contributed by atoms with Crippen LogP contribution in [0.3, 0.4) is 0 Å². The van der Waals surface area contributed by atoms with Gasteiger partial charge in [0, 0.05) is 12.6 Å². The predicted molar refractivity (Wildman–Crippen MR) is 74.7 cm³/mol. The number of nitrogens with one attached hydrogen (secondary N) is 1. The van der Waals surface area contributed by atoms with Crippen molar-refractivity contribution in [3.8, 4) is 0 Å². The van der Waals surface area contributed by atoms with Gasteiger partial charge in [0.15, 0.2) is 5.69 Å². The fraction of sp³-hybridized carbons (Fsp3) is 0.643. The monoisotopic (exact) mass is 279 g/mol. The second-order valence-electron chi connectivity index (χ2n) is 5.25. The minimum Gasteiger partial charge on any atom is -0.476 e. The maximum Gasteiger partial charge on any atom is 0.356 e. The summed E-state index contributed by atoms with van der Waals surface area (Å²) in [5, 5.41) is 21.3. The predicted octanol–water partition coefficient (Wildman–Crippen LogP) is 1.92. The van der Waals surface area contributed by atoms with Crippen molar-refractivity contribution in [3.05, 3.63) is 18.1 Å². The van der Waals surface area contributed by atoms with Crippen molar-refractivity contribution in [2.24, 2.45) is 5.92 Å². The molecule has 2 rings (SSSR count). The minimum absolute atomic E-state index is 0.0630. The summed E-state index contributed by atoms with van der Waals surface area (Å²) in [6.45, 7) is 0.134. The summed E-state index contributed by atoms with van der Waals surface area (Å²) in [6, 6.07) is 0.172. The molecule has 1 saturated carbocycles. The summed E-state index contributed by atoms with van der Waals surface area (Å²) >= 11 is 0. The van der Waals surface area contributed by atoms with Crippen LogP contribution in [-0.4, -0.2) is 38.8 Å². The second kappa shape index (κ2) is 7.19. The minimum atomic E-state index is -1.08. The summed E-state index contributed by atoms with van der Waals surface area (Å²) in [6.07, 6.45) is 9.45. The summed E-state index contributed by atoms with van der Waals surface area (Å²) in [4.78, 5) is 18.7. The summed E-state index contributed by atoms with van der Waals surface area (Å²) in [5.74, 6) is 0.0270. The number of aromatic carboxylic acids is 1. The first-order valence-electron chi connectivity index (χ1n) is 7.13. The second-order valence-corrected chi connectivity index (χ2v) is 5.25. The molecule has 0 aromatic carbocycles. The highest BCUT2D eigenvalue weighted by Crippen LogP contribution is 2.29. The Labute approximate surface area is 118 Å². The fourth-order valence-electron chi connectivity index (χ4n) is 2.80. The average Bonchev–Trinajstić information content (AvgIpc) is 2.48. The van der Waals surface area contributed by atoms with Crippen molar-refractivity contribution in [1.82, 2.24) is 9.97 Å². The van der Waals surface area contributed by atoms with Crippen molar-refractivity contribution in [1.29, 1.82) is 0 Å². The smallest absolute Gasteiger partial charge is 0.356 e. The zero-order chi connectivity index (χ0) is 14.4. The van der Waals surface area contributed by atoms with E-state index < -0.39 is 5.97 Å². The molecule has 1 fully saturated rings. The Morgan fingerprint density at radius 3 is 2.60 bits per heavy atom. The molecule has 6 heteroatoms. The Balaban J connectivity index is 2.01. The highest BCUT2D eigenvalue weighted by atomic mass is 16.4. The largest absolute Gasteiger partial charge is 0.476 e. The maximum absolute atomic E-state index is 10.7. The number of hydrogen-bond acceptors (Lipinski definition) is 5. The molecule has 1 aliphatic carbocycles. The molecule has 0 aliphatic heterocycles. The van der Waals surface area contributed by atoms with Gasteiger partial charge in [-0.3, -0.25) is 0 Å². The number of nitrogens with zero attached hydrogens (tertiary/aromatic N) is 2. The molecule has 6 nitrogen and oxygen atoms in total. The molecule has 1 aromatic rings.